The molecule has 0 aliphatic heterocycles. The lowest BCUT2D eigenvalue weighted by atomic mass is 10.8. The molecule has 0 rings (SSSR count). The van der Waals surface area contributed by atoms with Crippen molar-refractivity contribution < 1.29 is 9.47 Å². The summed E-state index contributed by atoms with van der Waals surface area (Å²) in [5.41, 5.74) is 0. The quantitative estimate of drug-likeness (QED) is 0.695. The third-order valence-corrected chi connectivity index (χ3v) is 0.816. The molecule has 0 radical (unpaired) electrons. The topological polar surface area (TPSA) is 53.5 Å². The maximum atomic E-state index is 4.83. The van der Waals surface area contributed by atoms with E-state index in [1.54, 1.807) is 0 Å². The van der Waals surface area contributed by atoms with Crippen LogP contribution in [-0.2, 0) is 9.47 Å². The molecule has 0 spiro atoms. The van der Waals surface area contributed by atoms with Gasteiger partial charge in [0.15, 0.2) is 0 Å². The fourth-order valence-corrected chi connectivity index (χ4v) is 0.408. The van der Waals surface area contributed by atoms with Crippen molar-refractivity contribution in [1.29, 1.82) is 0 Å². The summed E-state index contributed by atoms with van der Waals surface area (Å²) in [4.78, 5) is 0. The Labute approximate surface area is 70.7 Å². The van der Waals surface area contributed by atoms with Gasteiger partial charge in [0.2, 0.25) is 0 Å². The van der Waals surface area contributed by atoms with Crippen LogP contribution in [-0.4, -0.2) is 26.4 Å². The van der Waals surface area contributed by atoms with Crippen LogP contribution in [0.15, 0.2) is 0 Å². The van der Waals surface area contributed by atoms with E-state index in [0.29, 0.717) is 0 Å². The SMILES string of the molecule is CCOCC.CCOCC.N. The molecule has 0 atom stereocenters. The molecule has 0 unspecified atom stereocenters. The van der Waals surface area contributed by atoms with Gasteiger partial charge in [0.05, 0.1) is 0 Å². The Morgan fingerprint density at radius 1 is 0.636 bits per heavy atom. The Balaban J connectivity index is -0.000000107. The molecule has 3 heteroatoms. The van der Waals surface area contributed by atoms with Crippen LogP contribution < -0.4 is 6.15 Å². The molecule has 3 N–H and O–H groups in total. The van der Waals surface area contributed by atoms with Crippen LogP contribution in [0.4, 0.5) is 0 Å². The first-order chi connectivity index (χ1) is 4.83. The number of hydrogen-bond donors (Lipinski definition) is 1. The molecule has 0 saturated heterocycles. The Bertz CT molecular complexity index is 33.1. The molecule has 72 valence electrons. The number of ether oxygens (including phenoxy) is 2. The van der Waals surface area contributed by atoms with Crippen LogP contribution in [0.1, 0.15) is 27.7 Å². The number of rotatable bonds is 4. The van der Waals surface area contributed by atoms with Crippen molar-refractivity contribution in [3.8, 4) is 0 Å². The summed E-state index contributed by atoms with van der Waals surface area (Å²) < 4.78 is 9.67. The average molecular weight is 165 g/mol. The molecule has 0 aromatic heterocycles. The molecule has 0 amide bonds. The van der Waals surface area contributed by atoms with E-state index in [4.69, 9.17) is 9.47 Å². The predicted molar refractivity (Wildman–Crippen MR) is 49.4 cm³/mol. The van der Waals surface area contributed by atoms with Gasteiger partial charge in [-0.1, -0.05) is 0 Å². The minimum Gasteiger partial charge on any atom is -0.382 e. The molecule has 0 aliphatic rings. The van der Waals surface area contributed by atoms with Gasteiger partial charge in [-0.25, -0.2) is 0 Å². The van der Waals surface area contributed by atoms with E-state index in [-0.39, 0.29) is 6.15 Å². The first kappa shape index (κ1) is 17.1. The van der Waals surface area contributed by atoms with Crippen LogP contribution in [0.5, 0.6) is 0 Å². The van der Waals surface area contributed by atoms with Crippen molar-refractivity contribution in [1.82, 2.24) is 6.15 Å². The van der Waals surface area contributed by atoms with E-state index >= 15 is 0 Å². The Morgan fingerprint density at radius 3 is 0.818 bits per heavy atom. The largest absolute Gasteiger partial charge is 0.382 e. The zero-order valence-corrected chi connectivity index (χ0v) is 8.35. The highest BCUT2D eigenvalue weighted by Crippen LogP contribution is 1.64. The summed E-state index contributed by atoms with van der Waals surface area (Å²) in [7, 11) is 0. The molecular formula is C8H23NO2. The summed E-state index contributed by atoms with van der Waals surface area (Å²) in [5, 5.41) is 0. The Morgan fingerprint density at radius 2 is 0.818 bits per heavy atom. The van der Waals surface area contributed by atoms with Gasteiger partial charge in [-0.05, 0) is 27.7 Å². The van der Waals surface area contributed by atoms with Gasteiger partial charge in [0.1, 0.15) is 0 Å². The van der Waals surface area contributed by atoms with Crippen LogP contribution >= 0.6 is 0 Å². The molecule has 0 heterocycles. The predicted octanol–water partition coefficient (Wildman–Crippen LogP) is 2.25. The zero-order chi connectivity index (χ0) is 8.24. The molecule has 0 aromatic carbocycles. The van der Waals surface area contributed by atoms with E-state index in [2.05, 4.69) is 0 Å². The lowest BCUT2D eigenvalue weighted by Crippen LogP contribution is -1.84. The summed E-state index contributed by atoms with van der Waals surface area (Å²) in [6.07, 6.45) is 0. The highest BCUT2D eigenvalue weighted by Gasteiger charge is 1.64. The van der Waals surface area contributed by atoms with Crippen LogP contribution in [0.3, 0.4) is 0 Å². The van der Waals surface area contributed by atoms with Crippen molar-refractivity contribution in [2.45, 2.75) is 27.7 Å². The third kappa shape index (κ3) is 40.8. The standard InChI is InChI=1S/2C4H10O.H3N/c2*1-3-5-4-2;/h2*3-4H2,1-2H3;1H3. The fraction of sp³-hybridized carbons (Fsp3) is 1.00. The normalized spacial score (nSPS) is 7.64. The molecule has 11 heavy (non-hydrogen) atoms. The van der Waals surface area contributed by atoms with E-state index in [1.807, 2.05) is 27.7 Å². The van der Waals surface area contributed by atoms with Crippen molar-refractivity contribution >= 4 is 0 Å². The second-order valence-electron chi connectivity index (χ2n) is 1.56. The van der Waals surface area contributed by atoms with Crippen molar-refractivity contribution in [2.24, 2.45) is 0 Å². The smallest absolute Gasteiger partial charge is 0.0437 e. The maximum absolute atomic E-state index is 4.83. The molecule has 0 aromatic rings. The Hall–Kier alpha value is -0.120. The molecule has 0 saturated carbocycles. The second-order valence-corrected chi connectivity index (χ2v) is 1.56. The average Bonchev–Trinajstić information content (AvgIpc) is 1.93. The lowest BCUT2D eigenvalue weighted by Gasteiger charge is -1.86. The zero-order valence-electron chi connectivity index (χ0n) is 8.35. The molecule has 0 fully saturated rings. The van der Waals surface area contributed by atoms with Gasteiger partial charge in [-0.3, -0.25) is 0 Å². The minimum atomic E-state index is 0. The van der Waals surface area contributed by atoms with Gasteiger partial charge >= 0.3 is 0 Å². The number of hydrogen-bond acceptors (Lipinski definition) is 3. The van der Waals surface area contributed by atoms with Crippen LogP contribution in [0.25, 0.3) is 0 Å². The van der Waals surface area contributed by atoms with Crippen LogP contribution in [0.2, 0.25) is 0 Å². The molecular weight excluding hydrogens is 142 g/mol. The molecule has 0 bridgehead atoms. The monoisotopic (exact) mass is 165 g/mol. The van der Waals surface area contributed by atoms with Crippen molar-refractivity contribution in [2.75, 3.05) is 26.4 Å². The fourth-order valence-electron chi connectivity index (χ4n) is 0.408. The van der Waals surface area contributed by atoms with E-state index < -0.39 is 0 Å². The highest BCUT2D eigenvalue weighted by molar-refractivity contribution is 4.07. The van der Waals surface area contributed by atoms with Gasteiger partial charge in [0, 0.05) is 26.4 Å². The minimum absolute atomic E-state index is 0. The third-order valence-electron chi connectivity index (χ3n) is 0.816. The summed E-state index contributed by atoms with van der Waals surface area (Å²) >= 11 is 0. The lowest BCUT2D eigenvalue weighted by molar-refractivity contribution is 0.162. The van der Waals surface area contributed by atoms with Crippen molar-refractivity contribution in [3.63, 3.8) is 0 Å². The second kappa shape index (κ2) is 22.5. The summed E-state index contributed by atoms with van der Waals surface area (Å²) in [6, 6.07) is 0. The van der Waals surface area contributed by atoms with E-state index in [9.17, 15) is 0 Å². The summed E-state index contributed by atoms with van der Waals surface area (Å²) in [6.45, 7) is 11.3. The molecule has 0 aliphatic carbocycles. The first-order valence-electron chi connectivity index (χ1n) is 3.98. The van der Waals surface area contributed by atoms with Gasteiger partial charge in [0.25, 0.3) is 0 Å². The van der Waals surface area contributed by atoms with E-state index in [0.717, 1.165) is 26.4 Å². The van der Waals surface area contributed by atoms with E-state index in [1.165, 1.54) is 0 Å². The van der Waals surface area contributed by atoms with Crippen LogP contribution in [0, 0.1) is 0 Å². The maximum Gasteiger partial charge on any atom is 0.0437 e. The van der Waals surface area contributed by atoms with Gasteiger partial charge < -0.3 is 15.6 Å². The summed E-state index contributed by atoms with van der Waals surface area (Å²) in [5.74, 6) is 0. The van der Waals surface area contributed by atoms with Crippen molar-refractivity contribution in [3.05, 3.63) is 0 Å². The highest BCUT2D eigenvalue weighted by atomic mass is 16.5. The Kier molecular flexibility index (Phi) is 35.0. The first-order valence-corrected chi connectivity index (χ1v) is 3.98. The molecule has 3 nitrogen and oxygen atoms in total. The van der Waals surface area contributed by atoms with Gasteiger partial charge in [-0.15, -0.1) is 0 Å². The van der Waals surface area contributed by atoms with Gasteiger partial charge in [-0.2, -0.15) is 0 Å².